The molecule has 0 aliphatic heterocycles. The molecule has 2 N–H and O–H groups in total. The first-order chi connectivity index (χ1) is 11.8. The normalized spacial score (nSPS) is 12.0. The van der Waals surface area contributed by atoms with Crippen molar-refractivity contribution in [3.63, 3.8) is 0 Å². The van der Waals surface area contributed by atoms with E-state index >= 15 is 0 Å². The number of nitrogens with zero attached hydrogens (tertiary/aromatic N) is 2. The maximum absolute atomic E-state index is 12.5. The molecule has 2 rings (SSSR count). The number of rotatable bonds is 7. The minimum Gasteiger partial charge on any atom is -0.481 e. The number of hydrogen-bond acceptors (Lipinski definition) is 3. The number of nitrogens with one attached hydrogen (secondary N) is 1. The molecule has 0 spiro atoms. The van der Waals surface area contributed by atoms with Gasteiger partial charge in [0.05, 0.1) is 17.8 Å². The smallest absolute Gasteiger partial charge is 0.303 e. The standard InChI is InChI=1S/C18H22ClN3O3/c1-11(8-16(23)24)9-20-18(25)17-12(2)21-22(13(17)3)10-14-6-4-5-7-15(14)19/h4-7,11H,8-10H2,1-3H3,(H,20,25)(H,23,24). The minimum atomic E-state index is -0.873. The van der Waals surface area contributed by atoms with E-state index in [1.54, 1.807) is 18.5 Å². The zero-order valence-electron chi connectivity index (χ0n) is 14.5. The fourth-order valence-corrected chi connectivity index (χ4v) is 2.89. The third kappa shape index (κ3) is 4.82. The van der Waals surface area contributed by atoms with Crippen LogP contribution in [0, 0.1) is 19.8 Å². The number of hydrogen-bond donors (Lipinski definition) is 2. The van der Waals surface area contributed by atoms with E-state index in [4.69, 9.17) is 16.7 Å². The molecule has 1 unspecified atom stereocenters. The number of aromatic nitrogens is 2. The summed E-state index contributed by atoms with van der Waals surface area (Å²) >= 11 is 6.19. The van der Waals surface area contributed by atoms with Gasteiger partial charge in [-0.25, -0.2) is 0 Å². The lowest BCUT2D eigenvalue weighted by Gasteiger charge is -2.11. The zero-order valence-corrected chi connectivity index (χ0v) is 15.3. The number of halogens is 1. The SMILES string of the molecule is Cc1nn(Cc2ccccc2Cl)c(C)c1C(=O)NCC(C)CC(=O)O. The molecule has 0 saturated carbocycles. The molecule has 0 bridgehead atoms. The third-order valence-electron chi connectivity index (χ3n) is 4.02. The predicted octanol–water partition coefficient (Wildman–Crippen LogP) is 3.04. The Balaban J connectivity index is 2.12. The topological polar surface area (TPSA) is 84.2 Å². The fourth-order valence-electron chi connectivity index (χ4n) is 2.69. The average Bonchev–Trinajstić information content (AvgIpc) is 2.81. The van der Waals surface area contributed by atoms with Gasteiger partial charge in [-0.05, 0) is 31.4 Å². The summed E-state index contributed by atoms with van der Waals surface area (Å²) in [6, 6.07) is 7.51. The Morgan fingerprint density at radius 3 is 2.64 bits per heavy atom. The summed E-state index contributed by atoms with van der Waals surface area (Å²) in [5, 5.41) is 16.7. The second-order valence-electron chi connectivity index (χ2n) is 6.21. The molecule has 0 fully saturated rings. The number of carboxylic acid groups (broad SMARTS) is 1. The van der Waals surface area contributed by atoms with Gasteiger partial charge in [-0.3, -0.25) is 14.3 Å². The van der Waals surface area contributed by atoms with Crippen molar-refractivity contribution in [1.82, 2.24) is 15.1 Å². The Labute approximate surface area is 151 Å². The largest absolute Gasteiger partial charge is 0.481 e. The molecule has 1 aromatic heterocycles. The van der Waals surface area contributed by atoms with Gasteiger partial charge in [0.25, 0.3) is 5.91 Å². The van der Waals surface area contributed by atoms with E-state index in [2.05, 4.69) is 10.4 Å². The van der Waals surface area contributed by atoms with E-state index < -0.39 is 5.97 Å². The monoisotopic (exact) mass is 363 g/mol. The lowest BCUT2D eigenvalue weighted by molar-refractivity contribution is -0.137. The summed E-state index contributed by atoms with van der Waals surface area (Å²) < 4.78 is 1.76. The molecule has 2 aromatic rings. The van der Waals surface area contributed by atoms with Crippen molar-refractivity contribution in [3.8, 4) is 0 Å². The first-order valence-corrected chi connectivity index (χ1v) is 8.44. The van der Waals surface area contributed by atoms with E-state index in [0.29, 0.717) is 29.4 Å². The van der Waals surface area contributed by atoms with Crippen molar-refractivity contribution in [2.45, 2.75) is 33.7 Å². The van der Waals surface area contributed by atoms with Gasteiger partial charge in [0.15, 0.2) is 0 Å². The quantitative estimate of drug-likeness (QED) is 0.791. The van der Waals surface area contributed by atoms with Gasteiger partial charge < -0.3 is 10.4 Å². The van der Waals surface area contributed by atoms with Crippen LogP contribution < -0.4 is 5.32 Å². The summed E-state index contributed by atoms with van der Waals surface area (Å²) in [7, 11) is 0. The Kier molecular flexibility index (Phi) is 6.20. The van der Waals surface area contributed by atoms with Crippen LogP contribution in [0.2, 0.25) is 5.02 Å². The maximum Gasteiger partial charge on any atom is 0.303 e. The number of aryl methyl sites for hydroxylation is 1. The summed E-state index contributed by atoms with van der Waals surface area (Å²) in [4.78, 5) is 23.2. The number of benzene rings is 1. The highest BCUT2D eigenvalue weighted by Gasteiger charge is 2.20. The number of carboxylic acids is 1. The van der Waals surface area contributed by atoms with E-state index in [1.165, 1.54) is 0 Å². The molecule has 0 aliphatic carbocycles. The van der Waals surface area contributed by atoms with Crippen molar-refractivity contribution >= 4 is 23.5 Å². The summed E-state index contributed by atoms with van der Waals surface area (Å²) in [6.07, 6.45) is 0.0179. The van der Waals surface area contributed by atoms with E-state index in [-0.39, 0.29) is 18.2 Å². The van der Waals surface area contributed by atoms with Crippen LogP contribution in [0.5, 0.6) is 0 Å². The molecule has 1 atom stereocenters. The van der Waals surface area contributed by atoms with E-state index in [1.807, 2.05) is 31.2 Å². The van der Waals surface area contributed by atoms with Crippen molar-refractivity contribution in [1.29, 1.82) is 0 Å². The highest BCUT2D eigenvalue weighted by Crippen LogP contribution is 2.19. The molecule has 134 valence electrons. The highest BCUT2D eigenvalue weighted by molar-refractivity contribution is 6.31. The predicted molar refractivity (Wildman–Crippen MR) is 96.0 cm³/mol. The molecular weight excluding hydrogens is 342 g/mol. The van der Waals surface area contributed by atoms with Gasteiger partial charge in [-0.2, -0.15) is 5.10 Å². The van der Waals surface area contributed by atoms with Gasteiger partial charge in [-0.15, -0.1) is 0 Å². The van der Waals surface area contributed by atoms with Gasteiger partial charge in [-0.1, -0.05) is 36.7 Å². The van der Waals surface area contributed by atoms with Gasteiger partial charge in [0.1, 0.15) is 0 Å². The van der Waals surface area contributed by atoms with Crippen LogP contribution >= 0.6 is 11.6 Å². The number of carbonyl (C=O) groups is 2. The van der Waals surface area contributed by atoms with Crippen molar-refractivity contribution in [2.24, 2.45) is 5.92 Å². The molecule has 6 nitrogen and oxygen atoms in total. The van der Waals surface area contributed by atoms with Crippen LogP contribution in [-0.2, 0) is 11.3 Å². The van der Waals surface area contributed by atoms with Crippen LogP contribution in [0.25, 0.3) is 0 Å². The van der Waals surface area contributed by atoms with Crippen LogP contribution in [0.15, 0.2) is 24.3 Å². The highest BCUT2D eigenvalue weighted by atomic mass is 35.5. The Morgan fingerprint density at radius 2 is 2.00 bits per heavy atom. The van der Waals surface area contributed by atoms with Crippen molar-refractivity contribution in [2.75, 3.05) is 6.54 Å². The van der Waals surface area contributed by atoms with E-state index in [9.17, 15) is 9.59 Å². The fraction of sp³-hybridized carbons (Fsp3) is 0.389. The average molecular weight is 364 g/mol. The van der Waals surface area contributed by atoms with Gasteiger partial charge in [0, 0.05) is 23.7 Å². The van der Waals surface area contributed by atoms with Crippen LogP contribution in [0.3, 0.4) is 0 Å². The van der Waals surface area contributed by atoms with Crippen LogP contribution in [-0.4, -0.2) is 33.3 Å². The van der Waals surface area contributed by atoms with Crippen LogP contribution in [0.1, 0.15) is 40.7 Å². The lowest BCUT2D eigenvalue weighted by Crippen LogP contribution is -2.30. The second-order valence-corrected chi connectivity index (χ2v) is 6.62. The maximum atomic E-state index is 12.5. The molecule has 0 radical (unpaired) electrons. The third-order valence-corrected chi connectivity index (χ3v) is 4.39. The Morgan fingerprint density at radius 1 is 1.32 bits per heavy atom. The van der Waals surface area contributed by atoms with Gasteiger partial charge in [0.2, 0.25) is 0 Å². The molecule has 1 heterocycles. The summed E-state index contributed by atoms with van der Waals surface area (Å²) in [5.74, 6) is -1.25. The number of carbonyl (C=O) groups excluding carboxylic acids is 1. The Hall–Kier alpha value is -2.34. The van der Waals surface area contributed by atoms with Crippen molar-refractivity contribution in [3.05, 3.63) is 51.8 Å². The van der Waals surface area contributed by atoms with E-state index in [0.717, 1.165) is 11.3 Å². The summed E-state index contributed by atoms with van der Waals surface area (Å²) in [5.41, 5.74) is 2.83. The number of aliphatic carboxylic acids is 1. The zero-order chi connectivity index (χ0) is 18.6. The molecule has 0 aliphatic rings. The van der Waals surface area contributed by atoms with Crippen molar-refractivity contribution < 1.29 is 14.7 Å². The molecule has 25 heavy (non-hydrogen) atoms. The summed E-state index contributed by atoms with van der Waals surface area (Å²) in [6.45, 7) is 6.20. The van der Waals surface area contributed by atoms with Gasteiger partial charge >= 0.3 is 5.97 Å². The molecule has 0 saturated heterocycles. The Bertz CT molecular complexity index is 786. The second kappa shape index (κ2) is 8.16. The lowest BCUT2D eigenvalue weighted by atomic mass is 10.1. The first-order valence-electron chi connectivity index (χ1n) is 8.07. The minimum absolute atomic E-state index is 0.0179. The first kappa shape index (κ1) is 19.0. The van der Waals surface area contributed by atoms with Crippen LogP contribution in [0.4, 0.5) is 0 Å². The molecule has 7 heteroatoms. The molecule has 1 amide bonds. The molecule has 1 aromatic carbocycles. The molecular formula is C18H22ClN3O3. The number of amides is 1.